The van der Waals surface area contributed by atoms with Gasteiger partial charge in [-0.05, 0) is 12.1 Å². The zero-order valence-electron chi connectivity index (χ0n) is 8.92. The number of rotatable bonds is 2. The van der Waals surface area contributed by atoms with Gasteiger partial charge in [-0.3, -0.25) is 0 Å². The van der Waals surface area contributed by atoms with Gasteiger partial charge in [-0.2, -0.15) is 5.26 Å². The van der Waals surface area contributed by atoms with Gasteiger partial charge in [0.2, 0.25) is 0 Å². The van der Waals surface area contributed by atoms with Gasteiger partial charge in [-0.15, -0.1) is 0 Å². The Morgan fingerprint density at radius 3 is 2.50 bits per heavy atom. The number of methoxy groups -OCH3 is 1. The molecule has 0 radical (unpaired) electrons. The van der Waals surface area contributed by atoms with Crippen LogP contribution in [-0.2, 0) is 6.42 Å². The molecule has 78 valence electrons. The molecule has 0 aliphatic carbocycles. The molecular formula is C10H7BrFN2NaO. The first kappa shape index (κ1) is 17.8. The summed E-state index contributed by atoms with van der Waals surface area (Å²) in [5.74, 6) is -0.313. The Kier molecular flexibility index (Phi) is 10.7. The SMILES string of the molecule is COc1ccc(Br)c(CC#N)c1F.[C-]#N.[Na+]. The van der Waals surface area contributed by atoms with Gasteiger partial charge in [0.05, 0.1) is 19.6 Å². The fraction of sp³-hybridized carbons (Fsp3) is 0.200. The molecule has 3 nitrogen and oxygen atoms in total. The summed E-state index contributed by atoms with van der Waals surface area (Å²) in [6.45, 7) is 4.75. The second-order valence-corrected chi connectivity index (χ2v) is 3.23. The van der Waals surface area contributed by atoms with E-state index in [0.717, 1.165) is 0 Å². The predicted octanol–water partition coefficient (Wildman–Crippen LogP) is -0.237. The third-order valence-corrected chi connectivity index (χ3v) is 2.37. The molecule has 1 rings (SSSR count). The number of hydrogen-bond donors (Lipinski definition) is 0. The minimum Gasteiger partial charge on any atom is -0.512 e. The summed E-state index contributed by atoms with van der Waals surface area (Å²) in [6, 6.07) is 5.07. The van der Waals surface area contributed by atoms with Gasteiger partial charge in [0.15, 0.2) is 11.6 Å². The summed E-state index contributed by atoms with van der Waals surface area (Å²) in [6.07, 6.45) is 0.0314. The molecule has 1 aromatic carbocycles. The first-order valence-corrected chi connectivity index (χ1v) is 4.60. The van der Waals surface area contributed by atoms with E-state index in [0.29, 0.717) is 10.0 Å². The fourth-order valence-electron chi connectivity index (χ4n) is 0.975. The largest absolute Gasteiger partial charge is 1.00 e. The van der Waals surface area contributed by atoms with Crippen LogP contribution in [-0.4, -0.2) is 7.11 Å². The topological polar surface area (TPSA) is 56.8 Å². The molecule has 0 spiro atoms. The average molecular weight is 293 g/mol. The number of nitriles is 1. The fourth-order valence-corrected chi connectivity index (χ4v) is 1.42. The van der Waals surface area contributed by atoms with Crippen molar-refractivity contribution in [2.45, 2.75) is 6.42 Å². The molecule has 16 heavy (non-hydrogen) atoms. The van der Waals surface area contributed by atoms with Crippen molar-refractivity contribution in [3.8, 4) is 11.8 Å². The van der Waals surface area contributed by atoms with Crippen LogP contribution < -0.4 is 34.3 Å². The smallest absolute Gasteiger partial charge is 0.512 e. The second kappa shape index (κ2) is 9.62. The quantitative estimate of drug-likeness (QED) is 0.559. The minimum atomic E-state index is -0.474. The Hall–Kier alpha value is -0.590. The van der Waals surface area contributed by atoms with Crippen molar-refractivity contribution < 1.29 is 38.7 Å². The molecule has 0 aliphatic rings. The van der Waals surface area contributed by atoms with Crippen molar-refractivity contribution in [1.29, 1.82) is 10.5 Å². The molecule has 0 fully saturated rings. The zero-order valence-corrected chi connectivity index (χ0v) is 12.5. The third kappa shape index (κ3) is 4.51. The van der Waals surface area contributed by atoms with E-state index in [1.54, 1.807) is 6.07 Å². The van der Waals surface area contributed by atoms with E-state index < -0.39 is 5.82 Å². The molecular weight excluding hydrogens is 286 g/mol. The van der Waals surface area contributed by atoms with Crippen LogP contribution in [0.1, 0.15) is 5.56 Å². The minimum absolute atomic E-state index is 0. The molecule has 0 amide bonds. The number of benzene rings is 1. The predicted molar refractivity (Wildman–Crippen MR) is 54.9 cm³/mol. The molecule has 0 unspecified atom stereocenters. The molecule has 0 atom stereocenters. The number of nitrogens with zero attached hydrogens (tertiary/aromatic N) is 2. The van der Waals surface area contributed by atoms with Crippen molar-refractivity contribution in [1.82, 2.24) is 0 Å². The van der Waals surface area contributed by atoms with E-state index in [1.807, 2.05) is 6.07 Å². The van der Waals surface area contributed by atoms with Crippen LogP contribution in [0, 0.1) is 29.0 Å². The Morgan fingerprint density at radius 1 is 1.50 bits per heavy atom. The van der Waals surface area contributed by atoms with E-state index in [9.17, 15) is 4.39 Å². The first-order chi connectivity index (χ1) is 7.20. The van der Waals surface area contributed by atoms with Gasteiger partial charge in [0.25, 0.3) is 0 Å². The summed E-state index contributed by atoms with van der Waals surface area (Å²) in [4.78, 5) is 0. The number of ether oxygens (including phenoxy) is 1. The summed E-state index contributed by atoms with van der Waals surface area (Å²) in [5, 5.41) is 14.7. The van der Waals surface area contributed by atoms with Gasteiger partial charge in [-0.1, -0.05) is 15.9 Å². The van der Waals surface area contributed by atoms with Crippen LogP contribution in [0.2, 0.25) is 0 Å². The Labute approximate surface area is 124 Å². The second-order valence-electron chi connectivity index (χ2n) is 2.38. The van der Waals surface area contributed by atoms with Gasteiger partial charge in [0.1, 0.15) is 0 Å². The summed E-state index contributed by atoms with van der Waals surface area (Å²) in [7, 11) is 1.39. The molecule has 0 N–H and O–H groups in total. The standard InChI is InChI=1S/C9H7BrFNO.CN.Na/c1-13-8-3-2-7(10)6(4-5-12)9(8)11;1-2;/h2-3H,4H2,1H3;;/q;-1;+1. The van der Waals surface area contributed by atoms with Gasteiger partial charge in [0, 0.05) is 10.0 Å². The van der Waals surface area contributed by atoms with Crippen LogP contribution in [0.25, 0.3) is 0 Å². The van der Waals surface area contributed by atoms with Crippen LogP contribution in [0.3, 0.4) is 0 Å². The van der Waals surface area contributed by atoms with Crippen molar-refractivity contribution in [3.63, 3.8) is 0 Å². The molecule has 0 saturated carbocycles. The monoisotopic (exact) mass is 292 g/mol. The molecule has 0 heterocycles. The van der Waals surface area contributed by atoms with Gasteiger partial charge >= 0.3 is 29.6 Å². The van der Waals surface area contributed by atoms with Crippen molar-refractivity contribution in [2.75, 3.05) is 7.11 Å². The van der Waals surface area contributed by atoms with E-state index in [-0.39, 0.29) is 41.7 Å². The zero-order chi connectivity index (χ0) is 11.8. The molecule has 0 aromatic heterocycles. The normalized spacial score (nSPS) is 7.75. The molecule has 0 aliphatic heterocycles. The van der Waals surface area contributed by atoms with Gasteiger partial charge in [-0.25, -0.2) is 4.39 Å². The Balaban J connectivity index is 0. The van der Waals surface area contributed by atoms with Gasteiger partial charge < -0.3 is 16.6 Å². The number of halogens is 2. The van der Waals surface area contributed by atoms with Crippen LogP contribution >= 0.6 is 15.9 Å². The van der Waals surface area contributed by atoms with Crippen LogP contribution in [0.4, 0.5) is 4.39 Å². The molecule has 0 saturated heterocycles. The average Bonchev–Trinajstić information content (AvgIpc) is 2.27. The Bertz CT molecular complexity index is 404. The van der Waals surface area contributed by atoms with E-state index in [1.165, 1.54) is 13.2 Å². The van der Waals surface area contributed by atoms with Crippen LogP contribution in [0.5, 0.6) is 5.75 Å². The van der Waals surface area contributed by atoms with Crippen molar-refractivity contribution in [2.24, 2.45) is 0 Å². The maximum Gasteiger partial charge on any atom is 1.00 e. The van der Waals surface area contributed by atoms with E-state index in [4.69, 9.17) is 21.8 Å². The maximum absolute atomic E-state index is 13.4. The summed E-state index contributed by atoms with van der Waals surface area (Å²) < 4.78 is 18.8. The summed E-state index contributed by atoms with van der Waals surface area (Å²) >= 11 is 3.16. The molecule has 6 heteroatoms. The Morgan fingerprint density at radius 2 is 2.06 bits per heavy atom. The molecule has 1 aromatic rings. The number of hydrogen-bond acceptors (Lipinski definition) is 3. The third-order valence-electron chi connectivity index (χ3n) is 1.63. The first-order valence-electron chi connectivity index (χ1n) is 3.81. The van der Waals surface area contributed by atoms with Crippen molar-refractivity contribution in [3.05, 3.63) is 34.6 Å². The molecule has 0 bridgehead atoms. The van der Waals surface area contributed by atoms with Crippen LogP contribution in [0.15, 0.2) is 16.6 Å². The van der Waals surface area contributed by atoms with E-state index in [2.05, 4.69) is 15.9 Å². The van der Waals surface area contributed by atoms with E-state index >= 15 is 0 Å². The maximum atomic E-state index is 13.4. The van der Waals surface area contributed by atoms with Crippen molar-refractivity contribution >= 4 is 15.9 Å². The summed E-state index contributed by atoms with van der Waals surface area (Å²) in [5.41, 5.74) is 0.335.